The third kappa shape index (κ3) is 3.10. The summed E-state index contributed by atoms with van der Waals surface area (Å²) in [5.74, 6) is -0.848. The van der Waals surface area contributed by atoms with Crippen LogP contribution in [0.1, 0.15) is 37.1 Å². The number of aromatic nitrogens is 2. The zero-order chi connectivity index (χ0) is 13.1. The van der Waals surface area contributed by atoms with Gasteiger partial charge in [-0.3, -0.25) is 9.48 Å². The van der Waals surface area contributed by atoms with Crippen molar-refractivity contribution in [3.8, 4) is 0 Å². The average molecular weight is 252 g/mol. The monoisotopic (exact) mass is 252 g/mol. The number of hydrogen-bond acceptors (Lipinski definition) is 3. The summed E-state index contributed by atoms with van der Waals surface area (Å²) >= 11 is 0. The Morgan fingerprint density at radius 2 is 2.17 bits per heavy atom. The maximum Gasteiger partial charge on any atom is 0.306 e. The van der Waals surface area contributed by atoms with E-state index in [0.29, 0.717) is 6.61 Å². The molecule has 1 fully saturated rings. The van der Waals surface area contributed by atoms with Gasteiger partial charge in [-0.2, -0.15) is 5.10 Å². The van der Waals surface area contributed by atoms with Crippen LogP contribution >= 0.6 is 0 Å². The third-order valence-corrected chi connectivity index (χ3v) is 3.59. The Balaban J connectivity index is 1.79. The Hall–Kier alpha value is -1.36. The molecule has 18 heavy (non-hydrogen) atoms. The van der Waals surface area contributed by atoms with Gasteiger partial charge in [0.15, 0.2) is 0 Å². The molecule has 0 atom stereocenters. The standard InChI is InChI=1S/C13H20N2O3/c1-9-7-11(15(2)14-9)8-18-12-5-3-10(4-6-12)13(16)17/h7,10,12H,3-6,8H2,1-2H3,(H,16,17). The van der Waals surface area contributed by atoms with Gasteiger partial charge in [-0.15, -0.1) is 0 Å². The van der Waals surface area contributed by atoms with E-state index in [1.54, 1.807) is 0 Å². The van der Waals surface area contributed by atoms with Crippen LogP contribution in [-0.2, 0) is 23.2 Å². The molecule has 0 aliphatic heterocycles. The lowest BCUT2D eigenvalue weighted by Gasteiger charge is -2.26. The maximum atomic E-state index is 10.8. The van der Waals surface area contributed by atoms with Gasteiger partial charge in [-0.1, -0.05) is 0 Å². The molecule has 0 bridgehead atoms. The SMILES string of the molecule is Cc1cc(COC2CCC(C(=O)O)CC2)n(C)n1. The van der Waals surface area contributed by atoms with Gasteiger partial charge in [-0.05, 0) is 38.7 Å². The quantitative estimate of drug-likeness (QED) is 0.888. The minimum Gasteiger partial charge on any atom is -0.481 e. The zero-order valence-corrected chi connectivity index (χ0v) is 10.9. The van der Waals surface area contributed by atoms with Crippen LogP contribution < -0.4 is 0 Å². The van der Waals surface area contributed by atoms with Crippen molar-refractivity contribution in [3.63, 3.8) is 0 Å². The molecule has 1 aromatic heterocycles. The molecule has 0 radical (unpaired) electrons. The van der Waals surface area contributed by atoms with Crippen LogP contribution in [-0.4, -0.2) is 27.0 Å². The molecule has 0 amide bonds. The highest BCUT2D eigenvalue weighted by atomic mass is 16.5. The highest BCUT2D eigenvalue weighted by Crippen LogP contribution is 2.26. The topological polar surface area (TPSA) is 64.3 Å². The Kier molecular flexibility index (Phi) is 4.01. The van der Waals surface area contributed by atoms with E-state index < -0.39 is 5.97 Å². The summed E-state index contributed by atoms with van der Waals surface area (Å²) in [6, 6.07) is 2.02. The van der Waals surface area contributed by atoms with Crippen molar-refractivity contribution in [2.75, 3.05) is 0 Å². The Morgan fingerprint density at radius 1 is 1.50 bits per heavy atom. The van der Waals surface area contributed by atoms with E-state index in [0.717, 1.165) is 37.1 Å². The summed E-state index contributed by atoms with van der Waals surface area (Å²) < 4.78 is 7.67. The smallest absolute Gasteiger partial charge is 0.306 e. The molecule has 0 unspecified atom stereocenters. The van der Waals surface area contributed by atoms with Crippen molar-refractivity contribution >= 4 is 5.97 Å². The van der Waals surface area contributed by atoms with Crippen LogP contribution in [0, 0.1) is 12.8 Å². The first kappa shape index (κ1) is 13.1. The second-order valence-corrected chi connectivity index (χ2v) is 5.02. The highest BCUT2D eigenvalue weighted by Gasteiger charge is 2.26. The van der Waals surface area contributed by atoms with Gasteiger partial charge in [0.05, 0.1) is 30.0 Å². The fourth-order valence-electron chi connectivity index (χ4n) is 2.48. The first-order valence-electron chi connectivity index (χ1n) is 6.40. The van der Waals surface area contributed by atoms with Gasteiger partial charge in [0.25, 0.3) is 0 Å². The second-order valence-electron chi connectivity index (χ2n) is 5.02. The molecule has 1 saturated carbocycles. The molecule has 5 heteroatoms. The molecular weight excluding hydrogens is 232 g/mol. The third-order valence-electron chi connectivity index (χ3n) is 3.59. The molecule has 1 aromatic rings. The van der Waals surface area contributed by atoms with E-state index in [4.69, 9.17) is 9.84 Å². The van der Waals surface area contributed by atoms with E-state index >= 15 is 0 Å². The molecule has 1 aliphatic rings. The summed E-state index contributed by atoms with van der Waals surface area (Å²) in [5, 5.41) is 13.2. The largest absolute Gasteiger partial charge is 0.481 e. The zero-order valence-electron chi connectivity index (χ0n) is 10.9. The number of rotatable bonds is 4. The lowest BCUT2D eigenvalue weighted by atomic mass is 9.87. The predicted molar refractivity (Wildman–Crippen MR) is 66.1 cm³/mol. The van der Waals surface area contributed by atoms with Gasteiger partial charge in [-0.25, -0.2) is 0 Å². The molecule has 1 heterocycles. The summed E-state index contributed by atoms with van der Waals surface area (Å²) in [5.41, 5.74) is 2.05. The van der Waals surface area contributed by atoms with Crippen LogP contribution in [0.4, 0.5) is 0 Å². The van der Waals surface area contributed by atoms with Crippen LogP contribution in [0.25, 0.3) is 0 Å². The van der Waals surface area contributed by atoms with Crippen molar-refractivity contribution in [3.05, 3.63) is 17.5 Å². The fraction of sp³-hybridized carbons (Fsp3) is 0.692. The predicted octanol–water partition coefficient (Wildman–Crippen LogP) is 1.89. The molecule has 0 aromatic carbocycles. The highest BCUT2D eigenvalue weighted by molar-refractivity contribution is 5.70. The number of nitrogens with zero attached hydrogens (tertiary/aromatic N) is 2. The van der Waals surface area contributed by atoms with Gasteiger partial charge in [0.1, 0.15) is 0 Å². The Bertz CT molecular complexity index is 420. The molecule has 0 spiro atoms. The molecular formula is C13H20N2O3. The van der Waals surface area contributed by atoms with E-state index in [1.807, 2.05) is 24.7 Å². The molecule has 0 saturated heterocycles. The van der Waals surface area contributed by atoms with Crippen molar-refractivity contribution in [1.82, 2.24) is 9.78 Å². The fourth-order valence-corrected chi connectivity index (χ4v) is 2.48. The molecule has 1 aliphatic carbocycles. The Morgan fingerprint density at radius 3 is 2.67 bits per heavy atom. The number of carbonyl (C=O) groups is 1. The van der Waals surface area contributed by atoms with E-state index in [9.17, 15) is 4.79 Å². The summed E-state index contributed by atoms with van der Waals surface area (Å²) in [7, 11) is 1.91. The van der Waals surface area contributed by atoms with E-state index in [2.05, 4.69) is 5.10 Å². The maximum absolute atomic E-state index is 10.8. The lowest BCUT2D eigenvalue weighted by Crippen LogP contribution is -2.26. The normalized spacial score (nSPS) is 24.1. The lowest BCUT2D eigenvalue weighted by molar-refractivity contribution is -0.143. The molecule has 5 nitrogen and oxygen atoms in total. The van der Waals surface area contributed by atoms with Crippen molar-refractivity contribution in [2.24, 2.45) is 13.0 Å². The number of aryl methyl sites for hydroxylation is 2. The van der Waals surface area contributed by atoms with E-state index in [-0.39, 0.29) is 12.0 Å². The van der Waals surface area contributed by atoms with Gasteiger partial charge >= 0.3 is 5.97 Å². The van der Waals surface area contributed by atoms with Crippen molar-refractivity contribution < 1.29 is 14.6 Å². The molecule has 100 valence electrons. The number of carboxylic acids is 1. The number of carboxylic acid groups (broad SMARTS) is 1. The van der Waals surface area contributed by atoms with Gasteiger partial charge < -0.3 is 9.84 Å². The summed E-state index contributed by atoms with van der Waals surface area (Å²) in [6.07, 6.45) is 3.33. The summed E-state index contributed by atoms with van der Waals surface area (Å²) in [4.78, 5) is 10.8. The van der Waals surface area contributed by atoms with Crippen LogP contribution in [0.5, 0.6) is 0 Å². The van der Waals surface area contributed by atoms with Gasteiger partial charge in [0.2, 0.25) is 0 Å². The van der Waals surface area contributed by atoms with Crippen LogP contribution in [0.15, 0.2) is 6.07 Å². The average Bonchev–Trinajstić information content (AvgIpc) is 2.66. The molecule has 2 rings (SSSR count). The second kappa shape index (κ2) is 5.52. The first-order chi connectivity index (χ1) is 8.56. The van der Waals surface area contributed by atoms with Gasteiger partial charge in [0, 0.05) is 7.05 Å². The summed E-state index contributed by atoms with van der Waals surface area (Å²) in [6.45, 7) is 2.52. The van der Waals surface area contributed by atoms with Crippen LogP contribution in [0.2, 0.25) is 0 Å². The minimum absolute atomic E-state index is 0.177. The number of hydrogen-bond donors (Lipinski definition) is 1. The van der Waals surface area contributed by atoms with Crippen molar-refractivity contribution in [2.45, 2.75) is 45.3 Å². The van der Waals surface area contributed by atoms with Crippen molar-refractivity contribution in [1.29, 1.82) is 0 Å². The number of aliphatic carboxylic acids is 1. The minimum atomic E-state index is -0.671. The first-order valence-corrected chi connectivity index (χ1v) is 6.40. The van der Waals surface area contributed by atoms with Crippen LogP contribution in [0.3, 0.4) is 0 Å². The Labute approximate surface area is 107 Å². The van der Waals surface area contributed by atoms with E-state index in [1.165, 1.54) is 0 Å². The number of ether oxygens (including phenoxy) is 1. The molecule has 1 N–H and O–H groups in total.